The van der Waals surface area contributed by atoms with E-state index >= 15 is 0 Å². The molecule has 1 aliphatic heterocycles. The van der Waals surface area contributed by atoms with Crippen LogP contribution in [0.2, 0.25) is 0 Å². The first-order chi connectivity index (χ1) is 9.78. The van der Waals surface area contributed by atoms with Crippen molar-refractivity contribution in [2.75, 3.05) is 13.2 Å². The molecule has 0 fully saturated rings. The molecule has 0 radical (unpaired) electrons. The van der Waals surface area contributed by atoms with Crippen molar-refractivity contribution >= 4 is 27.3 Å². The van der Waals surface area contributed by atoms with Crippen molar-refractivity contribution in [3.63, 3.8) is 0 Å². The van der Waals surface area contributed by atoms with E-state index in [2.05, 4.69) is 50.7 Å². The van der Waals surface area contributed by atoms with E-state index in [-0.39, 0.29) is 6.04 Å². The van der Waals surface area contributed by atoms with Crippen molar-refractivity contribution in [2.24, 2.45) is 0 Å². The number of benzene rings is 1. The molecule has 0 saturated carbocycles. The highest BCUT2D eigenvalue weighted by molar-refractivity contribution is 9.10. The number of likely N-dealkylation sites (N-methyl/N-ethyl adjacent to an activating group) is 1. The van der Waals surface area contributed by atoms with Crippen molar-refractivity contribution in [3.05, 3.63) is 44.3 Å². The van der Waals surface area contributed by atoms with Gasteiger partial charge < -0.3 is 10.1 Å². The second-order valence-corrected chi connectivity index (χ2v) is 6.51. The van der Waals surface area contributed by atoms with E-state index < -0.39 is 0 Å². The number of ether oxygens (including phenoxy) is 1. The summed E-state index contributed by atoms with van der Waals surface area (Å²) < 4.78 is 6.94. The minimum atomic E-state index is 0.244. The first-order valence-corrected chi connectivity index (χ1v) is 8.57. The number of nitrogens with one attached hydrogen (secondary N) is 1. The van der Waals surface area contributed by atoms with Gasteiger partial charge in [0.1, 0.15) is 5.75 Å². The lowest BCUT2D eigenvalue weighted by Gasteiger charge is -2.18. The van der Waals surface area contributed by atoms with Crippen LogP contribution in [-0.2, 0) is 12.8 Å². The van der Waals surface area contributed by atoms with Crippen molar-refractivity contribution < 1.29 is 4.74 Å². The predicted molar refractivity (Wildman–Crippen MR) is 85.6 cm³/mol. The third-order valence-electron chi connectivity index (χ3n) is 3.51. The molecular weight excluding hydrogens is 336 g/mol. The lowest BCUT2D eigenvalue weighted by molar-refractivity contribution is 0.351. The van der Waals surface area contributed by atoms with E-state index in [4.69, 9.17) is 4.74 Å². The Morgan fingerprint density at radius 1 is 1.50 bits per heavy atom. The molecule has 1 aromatic heterocycles. The number of hydrogen-bond donors (Lipinski definition) is 1. The summed E-state index contributed by atoms with van der Waals surface area (Å²) in [6.45, 7) is 3.85. The molecule has 5 heteroatoms. The number of fused-ring (bicyclic) bond motifs is 1. The number of halogens is 1. The van der Waals surface area contributed by atoms with Gasteiger partial charge in [-0.2, -0.15) is 0 Å². The Bertz CT molecular complexity index is 586. The Labute approximate surface area is 131 Å². The van der Waals surface area contributed by atoms with Crippen LogP contribution in [-0.4, -0.2) is 18.1 Å². The van der Waals surface area contributed by atoms with E-state index in [1.165, 1.54) is 11.1 Å². The first kappa shape index (κ1) is 14.0. The van der Waals surface area contributed by atoms with Crippen LogP contribution in [0.25, 0.3) is 0 Å². The normalized spacial score (nSPS) is 14.9. The maximum atomic E-state index is 5.81. The summed E-state index contributed by atoms with van der Waals surface area (Å²) >= 11 is 5.25. The zero-order chi connectivity index (χ0) is 13.9. The highest BCUT2D eigenvalue weighted by Gasteiger charge is 2.21. The SMILES string of the molecule is CCNC(Cc1cc(Br)cc2c1OCC2)c1cscn1. The Hall–Kier alpha value is -0.910. The maximum Gasteiger partial charge on any atom is 0.125 e. The minimum absolute atomic E-state index is 0.244. The molecule has 0 spiro atoms. The van der Waals surface area contributed by atoms with Gasteiger partial charge in [-0.25, -0.2) is 4.98 Å². The van der Waals surface area contributed by atoms with Crippen molar-refractivity contribution in [3.8, 4) is 5.75 Å². The van der Waals surface area contributed by atoms with Gasteiger partial charge in [-0.3, -0.25) is 0 Å². The van der Waals surface area contributed by atoms with E-state index in [0.717, 1.165) is 41.9 Å². The van der Waals surface area contributed by atoms with Gasteiger partial charge in [-0.15, -0.1) is 11.3 Å². The maximum absolute atomic E-state index is 5.81. The average Bonchev–Trinajstić information content (AvgIpc) is 3.08. The monoisotopic (exact) mass is 352 g/mol. The van der Waals surface area contributed by atoms with E-state index in [9.17, 15) is 0 Å². The molecule has 0 saturated heterocycles. The second kappa shape index (κ2) is 6.24. The molecule has 0 aliphatic carbocycles. The average molecular weight is 353 g/mol. The van der Waals surface area contributed by atoms with E-state index in [1.807, 2.05) is 5.51 Å². The highest BCUT2D eigenvalue weighted by atomic mass is 79.9. The standard InChI is InChI=1S/C15H17BrN2OS/c1-2-17-13(14-8-20-9-18-14)7-11-6-12(16)5-10-3-4-19-15(10)11/h5-6,8-9,13,17H,2-4,7H2,1H3. The van der Waals surface area contributed by atoms with Gasteiger partial charge in [0.15, 0.2) is 0 Å². The molecule has 0 amide bonds. The van der Waals surface area contributed by atoms with Gasteiger partial charge in [-0.1, -0.05) is 22.9 Å². The van der Waals surface area contributed by atoms with E-state index in [0.29, 0.717) is 0 Å². The molecule has 2 aromatic rings. The molecule has 2 heterocycles. The molecule has 1 atom stereocenters. The third kappa shape index (κ3) is 2.90. The summed E-state index contributed by atoms with van der Waals surface area (Å²) in [6, 6.07) is 4.58. The largest absolute Gasteiger partial charge is 0.493 e. The third-order valence-corrected chi connectivity index (χ3v) is 4.57. The Balaban J connectivity index is 1.89. The van der Waals surface area contributed by atoms with Crippen LogP contribution in [0, 0.1) is 0 Å². The molecule has 106 valence electrons. The van der Waals surface area contributed by atoms with Crippen LogP contribution in [0.3, 0.4) is 0 Å². The van der Waals surface area contributed by atoms with Crippen LogP contribution in [0.4, 0.5) is 0 Å². The van der Waals surface area contributed by atoms with Crippen molar-refractivity contribution in [1.29, 1.82) is 0 Å². The van der Waals surface area contributed by atoms with Crippen LogP contribution in [0.5, 0.6) is 5.75 Å². The molecule has 3 rings (SSSR count). The summed E-state index contributed by atoms with van der Waals surface area (Å²) in [4.78, 5) is 4.45. The summed E-state index contributed by atoms with van der Waals surface area (Å²) in [7, 11) is 0. The second-order valence-electron chi connectivity index (χ2n) is 4.88. The smallest absolute Gasteiger partial charge is 0.125 e. The zero-order valence-electron chi connectivity index (χ0n) is 11.4. The summed E-state index contributed by atoms with van der Waals surface area (Å²) in [5.41, 5.74) is 5.57. The molecular formula is C15H17BrN2OS. The summed E-state index contributed by atoms with van der Waals surface area (Å²) in [6.07, 6.45) is 1.91. The van der Waals surface area contributed by atoms with Gasteiger partial charge in [-0.05, 0) is 36.2 Å². The Morgan fingerprint density at radius 2 is 2.40 bits per heavy atom. The minimum Gasteiger partial charge on any atom is -0.493 e. The van der Waals surface area contributed by atoms with Gasteiger partial charge in [0.25, 0.3) is 0 Å². The fourth-order valence-electron chi connectivity index (χ4n) is 2.64. The molecule has 1 aliphatic rings. The van der Waals surface area contributed by atoms with Crippen molar-refractivity contribution in [2.45, 2.75) is 25.8 Å². The molecule has 1 aromatic carbocycles. The van der Waals surface area contributed by atoms with Crippen LogP contribution in [0.1, 0.15) is 29.8 Å². The fraction of sp³-hybridized carbons (Fsp3) is 0.400. The van der Waals surface area contributed by atoms with Gasteiger partial charge in [0.2, 0.25) is 0 Å². The summed E-state index contributed by atoms with van der Waals surface area (Å²) in [5.74, 6) is 1.08. The van der Waals surface area contributed by atoms with Crippen LogP contribution >= 0.6 is 27.3 Å². The highest BCUT2D eigenvalue weighted by Crippen LogP contribution is 2.35. The van der Waals surface area contributed by atoms with Crippen LogP contribution < -0.4 is 10.1 Å². The first-order valence-electron chi connectivity index (χ1n) is 6.83. The topological polar surface area (TPSA) is 34.1 Å². The number of aromatic nitrogens is 1. The fourth-order valence-corrected chi connectivity index (χ4v) is 3.80. The predicted octanol–water partition coefficient (Wildman–Crippen LogP) is 3.73. The van der Waals surface area contributed by atoms with Crippen molar-refractivity contribution in [1.82, 2.24) is 10.3 Å². The zero-order valence-corrected chi connectivity index (χ0v) is 13.8. The molecule has 1 unspecified atom stereocenters. The number of hydrogen-bond acceptors (Lipinski definition) is 4. The summed E-state index contributed by atoms with van der Waals surface area (Å²) in [5, 5.41) is 5.63. The number of rotatable bonds is 5. The van der Waals surface area contributed by atoms with Gasteiger partial charge >= 0.3 is 0 Å². The van der Waals surface area contributed by atoms with E-state index in [1.54, 1.807) is 11.3 Å². The lowest BCUT2D eigenvalue weighted by Crippen LogP contribution is -2.23. The Morgan fingerprint density at radius 3 is 3.15 bits per heavy atom. The van der Waals surface area contributed by atoms with Gasteiger partial charge in [0, 0.05) is 16.3 Å². The quantitative estimate of drug-likeness (QED) is 0.889. The molecule has 3 nitrogen and oxygen atoms in total. The molecule has 0 bridgehead atoms. The van der Waals surface area contributed by atoms with Gasteiger partial charge in [0.05, 0.1) is 23.9 Å². The lowest BCUT2D eigenvalue weighted by atomic mass is 10.00. The number of nitrogens with zero attached hydrogens (tertiary/aromatic N) is 1. The Kier molecular flexibility index (Phi) is 4.38. The molecule has 1 N–H and O–H groups in total. The van der Waals surface area contributed by atoms with Crippen LogP contribution in [0.15, 0.2) is 27.5 Å². The number of thiazole rings is 1. The molecule has 20 heavy (non-hydrogen) atoms.